The first-order chi connectivity index (χ1) is 10.6. The van der Waals surface area contributed by atoms with Gasteiger partial charge in [-0.25, -0.2) is 0 Å². The Bertz CT molecular complexity index is 709. The van der Waals surface area contributed by atoms with Gasteiger partial charge in [0.05, 0.1) is 11.4 Å². The van der Waals surface area contributed by atoms with E-state index in [1.54, 1.807) is 17.5 Å². The number of anilines is 1. The fourth-order valence-electron chi connectivity index (χ4n) is 1.97. The first kappa shape index (κ1) is 14.3. The molecule has 1 fully saturated rings. The number of thiophene rings is 1. The number of amides is 3. The summed E-state index contributed by atoms with van der Waals surface area (Å²) in [5, 5.41) is 6.89. The largest absolute Gasteiger partial charge is 0.431 e. The number of piperazine rings is 1. The predicted molar refractivity (Wildman–Crippen MR) is 77.7 cm³/mol. The van der Waals surface area contributed by atoms with Crippen molar-refractivity contribution in [3.8, 4) is 0 Å². The molecule has 2 aromatic heterocycles. The Morgan fingerprint density at radius 2 is 2.32 bits per heavy atom. The second-order valence-corrected chi connectivity index (χ2v) is 5.49. The fraction of sp³-hybridized carbons (Fsp3) is 0.231. The van der Waals surface area contributed by atoms with Gasteiger partial charge in [-0.15, -0.1) is 11.3 Å². The van der Waals surface area contributed by atoms with E-state index in [9.17, 15) is 14.4 Å². The maximum Gasteiger partial charge on any atom is 0.302 e. The Balaban J connectivity index is 1.67. The lowest BCUT2D eigenvalue weighted by atomic mass is 10.3. The van der Waals surface area contributed by atoms with Gasteiger partial charge >= 0.3 is 6.01 Å². The van der Waals surface area contributed by atoms with Gasteiger partial charge in [-0.05, 0) is 11.4 Å². The van der Waals surface area contributed by atoms with Crippen LogP contribution in [-0.2, 0) is 4.79 Å². The minimum atomic E-state index is -0.407. The van der Waals surface area contributed by atoms with Crippen LogP contribution < -0.4 is 10.6 Å². The molecule has 22 heavy (non-hydrogen) atoms. The Labute approximate surface area is 129 Å². The molecule has 3 heterocycles. The van der Waals surface area contributed by atoms with E-state index >= 15 is 0 Å². The van der Waals surface area contributed by atoms with E-state index in [1.807, 2.05) is 0 Å². The molecule has 114 valence electrons. The Morgan fingerprint density at radius 1 is 1.45 bits per heavy atom. The average molecular weight is 320 g/mol. The van der Waals surface area contributed by atoms with Crippen molar-refractivity contribution in [2.75, 3.05) is 25.0 Å². The molecule has 3 rings (SSSR count). The van der Waals surface area contributed by atoms with Crippen LogP contribution in [-0.4, -0.2) is 47.2 Å². The van der Waals surface area contributed by atoms with Crippen LogP contribution in [0.25, 0.3) is 0 Å². The van der Waals surface area contributed by atoms with E-state index < -0.39 is 5.91 Å². The fourth-order valence-corrected chi connectivity index (χ4v) is 2.59. The van der Waals surface area contributed by atoms with Crippen molar-refractivity contribution in [3.63, 3.8) is 0 Å². The number of hydrogen-bond donors (Lipinski definition) is 2. The molecule has 2 aromatic rings. The lowest BCUT2D eigenvalue weighted by Crippen LogP contribution is -2.50. The minimum absolute atomic E-state index is 0.0113. The van der Waals surface area contributed by atoms with Gasteiger partial charge in [-0.3, -0.25) is 19.7 Å². The zero-order chi connectivity index (χ0) is 15.5. The highest BCUT2D eigenvalue weighted by atomic mass is 32.1. The van der Waals surface area contributed by atoms with E-state index in [2.05, 4.69) is 15.6 Å². The second-order valence-electron chi connectivity index (χ2n) is 4.55. The zero-order valence-electron chi connectivity index (χ0n) is 11.4. The normalized spacial score (nSPS) is 14.5. The first-order valence-corrected chi connectivity index (χ1v) is 7.38. The summed E-state index contributed by atoms with van der Waals surface area (Å²) in [6.45, 7) is 0.807. The zero-order valence-corrected chi connectivity index (χ0v) is 12.2. The van der Waals surface area contributed by atoms with Crippen molar-refractivity contribution in [2.24, 2.45) is 0 Å². The van der Waals surface area contributed by atoms with Gasteiger partial charge in [0.2, 0.25) is 5.91 Å². The molecule has 0 unspecified atom stereocenters. The predicted octanol–water partition coefficient (Wildman–Crippen LogP) is 0.560. The van der Waals surface area contributed by atoms with Gasteiger partial charge in [0, 0.05) is 13.1 Å². The van der Waals surface area contributed by atoms with Crippen LogP contribution in [0.3, 0.4) is 0 Å². The summed E-state index contributed by atoms with van der Waals surface area (Å²) in [7, 11) is 0. The van der Waals surface area contributed by atoms with E-state index in [0.717, 1.165) is 0 Å². The molecule has 1 aliphatic rings. The quantitative estimate of drug-likeness (QED) is 0.860. The molecule has 9 heteroatoms. The molecule has 0 radical (unpaired) electrons. The third-order valence-corrected chi connectivity index (χ3v) is 3.88. The maximum atomic E-state index is 12.2. The standard InChI is InChI=1S/C13H12N4O4S/c18-10-6-17(4-3-14-10)12(20)8-7-21-13(15-8)16-11(19)9-2-1-5-22-9/h1-2,5,7H,3-4,6H2,(H,14,18)(H,15,16,19). The Kier molecular flexibility index (Phi) is 3.88. The highest BCUT2D eigenvalue weighted by Crippen LogP contribution is 2.14. The number of hydrogen-bond acceptors (Lipinski definition) is 6. The van der Waals surface area contributed by atoms with Gasteiger partial charge in [-0.2, -0.15) is 4.98 Å². The Hall–Kier alpha value is -2.68. The highest BCUT2D eigenvalue weighted by molar-refractivity contribution is 7.12. The Morgan fingerprint density at radius 3 is 3.05 bits per heavy atom. The van der Waals surface area contributed by atoms with Crippen LogP contribution in [0, 0.1) is 0 Å². The number of carbonyl (C=O) groups is 3. The van der Waals surface area contributed by atoms with Crippen LogP contribution in [0.4, 0.5) is 6.01 Å². The summed E-state index contributed by atoms with van der Waals surface area (Å²) in [6, 6.07) is 3.37. The van der Waals surface area contributed by atoms with E-state index in [4.69, 9.17) is 4.42 Å². The SMILES string of the molecule is O=C1CN(C(=O)c2coc(NC(=O)c3cccs3)n2)CCN1. The van der Waals surface area contributed by atoms with Crippen molar-refractivity contribution >= 4 is 35.1 Å². The topological polar surface area (TPSA) is 105 Å². The van der Waals surface area contributed by atoms with Gasteiger partial charge in [0.25, 0.3) is 11.8 Å². The molecule has 1 saturated heterocycles. The van der Waals surface area contributed by atoms with E-state index in [0.29, 0.717) is 18.0 Å². The summed E-state index contributed by atoms with van der Waals surface area (Å²) in [5.74, 6) is -0.974. The summed E-state index contributed by atoms with van der Waals surface area (Å²) >= 11 is 1.29. The molecule has 1 aliphatic heterocycles. The molecule has 0 aromatic carbocycles. The van der Waals surface area contributed by atoms with Crippen LogP contribution in [0.1, 0.15) is 20.2 Å². The number of carbonyl (C=O) groups excluding carboxylic acids is 3. The van der Waals surface area contributed by atoms with E-state index in [-0.39, 0.29) is 30.1 Å². The monoisotopic (exact) mass is 320 g/mol. The molecular weight excluding hydrogens is 308 g/mol. The van der Waals surface area contributed by atoms with Gasteiger partial charge < -0.3 is 14.6 Å². The minimum Gasteiger partial charge on any atom is -0.431 e. The molecule has 8 nitrogen and oxygen atoms in total. The van der Waals surface area contributed by atoms with Crippen LogP contribution >= 0.6 is 11.3 Å². The summed E-state index contributed by atoms with van der Waals surface area (Å²) in [6.07, 6.45) is 1.17. The number of nitrogens with zero attached hydrogens (tertiary/aromatic N) is 2. The molecule has 0 spiro atoms. The van der Waals surface area contributed by atoms with Crippen LogP contribution in [0.5, 0.6) is 0 Å². The molecule has 0 atom stereocenters. The smallest absolute Gasteiger partial charge is 0.302 e. The summed E-state index contributed by atoms with van der Waals surface area (Å²) in [5.41, 5.74) is 0.0520. The van der Waals surface area contributed by atoms with E-state index in [1.165, 1.54) is 22.5 Å². The lowest BCUT2D eigenvalue weighted by molar-refractivity contribution is -0.123. The number of aromatic nitrogens is 1. The number of rotatable bonds is 3. The van der Waals surface area contributed by atoms with Gasteiger partial charge in [0.15, 0.2) is 5.69 Å². The van der Waals surface area contributed by atoms with Crippen molar-refractivity contribution < 1.29 is 18.8 Å². The molecular formula is C13H12N4O4S. The van der Waals surface area contributed by atoms with Crippen molar-refractivity contribution in [1.29, 1.82) is 0 Å². The van der Waals surface area contributed by atoms with Crippen molar-refractivity contribution in [1.82, 2.24) is 15.2 Å². The van der Waals surface area contributed by atoms with Crippen LogP contribution in [0.15, 0.2) is 28.2 Å². The third-order valence-electron chi connectivity index (χ3n) is 3.01. The maximum absolute atomic E-state index is 12.2. The molecule has 2 N–H and O–H groups in total. The number of oxazole rings is 1. The van der Waals surface area contributed by atoms with Crippen molar-refractivity contribution in [3.05, 3.63) is 34.3 Å². The third kappa shape index (κ3) is 2.98. The summed E-state index contributed by atoms with van der Waals surface area (Å²) < 4.78 is 5.09. The first-order valence-electron chi connectivity index (χ1n) is 6.50. The molecule has 0 saturated carbocycles. The van der Waals surface area contributed by atoms with Gasteiger partial charge in [-0.1, -0.05) is 6.07 Å². The number of nitrogens with one attached hydrogen (secondary N) is 2. The molecule has 0 bridgehead atoms. The lowest BCUT2D eigenvalue weighted by Gasteiger charge is -2.25. The highest BCUT2D eigenvalue weighted by Gasteiger charge is 2.25. The van der Waals surface area contributed by atoms with Gasteiger partial charge in [0.1, 0.15) is 6.26 Å². The second kappa shape index (κ2) is 5.98. The molecule has 0 aliphatic carbocycles. The molecule has 3 amide bonds. The van der Waals surface area contributed by atoms with Crippen molar-refractivity contribution in [2.45, 2.75) is 0 Å². The average Bonchev–Trinajstić information content (AvgIpc) is 3.18. The summed E-state index contributed by atoms with van der Waals surface area (Å²) in [4.78, 5) is 41.2. The van der Waals surface area contributed by atoms with Crippen LogP contribution in [0.2, 0.25) is 0 Å².